The van der Waals surface area contributed by atoms with Gasteiger partial charge >= 0.3 is 0 Å². The Balaban J connectivity index is 1.54. The molecule has 0 unspecified atom stereocenters. The highest BCUT2D eigenvalue weighted by Crippen LogP contribution is 2.26. The molecule has 0 saturated heterocycles. The number of aryl methyl sites for hydroxylation is 1. The van der Waals surface area contributed by atoms with Crippen LogP contribution in [0.4, 0.5) is 0 Å². The minimum absolute atomic E-state index is 0.00110. The number of thiophene rings is 1. The van der Waals surface area contributed by atoms with Crippen molar-refractivity contribution < 1.29 is 9.53 Å². The molecule has 1 N–H and O–H groups in total. The van der Waals surface area contributed by atoms with Gasteiger partial charge in [-0.25, -0.2) is 0 Å². The zero-order valence-electron chi connectivity index (χ0n) is 16.3. The molecule has 3 rings (SSSR count). The number of para-hydroxylation sites is 1. The minimum Gasteiger partial charge on any atom is -0.492 e. The van der Waals surface area contributed by atoms with Gasteiger partial charge in [-0.1, -0.05) is 54.1 Å². The molecule has 0 saturated carbocycles. The SMILES string of the molecule is Cc1ccc([C@@H](NC(=O)CN(C)CCOc2ccccc2)c2cccs2)cc1. The molecule has 2 aromatic carbocycles. The number of likely N-dealkylation sites (N-methyl/N-ethyl adjacent to an activating group) is 1. The molecule has 0 radical (unpaired) electrons. The van der Waals surface area contributed by atoms with Gasteiger partial charge in [0, 0.05) is 11.4 Å². The van der Waals surface area contributed by atoms with Gasteiger partial charge in [-0.3, -0.25) is 9.69 Å². The lowest BCUT2D eigenvalue weighted by Gasteiger charge is -2.21. The molecular formula is C23H26N2O2S. The summed E-state index contributed by atoms with van der Waals surface area (Å²) in [4.78, 5) is 15.7. The van der Waals surface area contributed by atoms with E-state index in [0.717, 1.165) is 16.2 Å². The molecule has 1 aromatic heterocycles. The number of hydrogen-bond donors (Lipinski definition) is 1. The van der Waals surface area contributed by atoms with Crippen molar-refractivity contribution in [2.24, 2.45) is 0 Å². The molecule has 0 aliphatic rings. The molecule has 28 heavy (non-hydrogen) atoms. The van der Waals surface area contributed by atoms with Gasteiger partial charge < -0.3 is 10.1 Å². The fraction of sp³-hybridized carbons (Fsp3) is 0.261. The van der Waals surface area contributed by atoms with E-state index in [1.807, 2.05) is 53.7 Å². The van der Waals surface area contributed by atoms with E-state index in [0.29, 0.717) is 19.7 Å². The standard InChI is InChI=1S/C23H26N2O2S/c1-18-10-12-19(13-11-18)23(21-9-6-16-28-21)24-22(26)17-25(2)14-15-27-20-7-4-3-5-8-20/h3-13,16,23H,14-15,17H2,1-2H3,(H,24,26)/t23-/m1/s1. The number of rotatable bonds is 9. The molecule has 0 aliphatic heterocycles. The van der Waals surface area contributed by atoms with Crippen molar-refractivity contribution in [2.75, 3.05) is 26.7 Å². The average molecular weight is 395 g/mol. The fourth-order valence-electron chi connectivity index (χ4n) is 2.90. The lowest BCUT2D eigenvalue weighted by Crippen LogP contribution is -2.38. The first kappa shape index (κ1) is 20.1. The van der Waals surface area contributed by atoms with E-state index in [1.54, 1.807) is 11.3 Å². The fourth-order valence-corrected chi connectivity index (χ4v) is 3.70. The first-order chi connectivity index (χ1) is 13.6. The maximum absolute atomic E-state index is 12.6. The van der Waals surface area contributed by atoms with Crippen LogP contribution in [0.3, 0.4) is 0 Å². The van der Waals surface area contributed by atoms with Crippen molar-refractivity contribution in [3.63, 3.8) is 0 Å². The van der Waals surface area contributed by atoms with Crippen molar-refractivity contribution in [1.82, 2.24) is 10.2 Å². The van der Waals surface area contributed by atoms with E-state index in [4.69, 9.17) is 4.74 Å². The van der Waals surface area contributed by atoms with Crippen LogP contribution in [0.1, 0.15) is 22.0 Å². The predicted octanol–water partition coefficient (Wildman–Crippen LogP) is 4.27. The number of amides is 1. The third-order valence-electron chi connectivity index (χ3n) is 4.44. The smallest absolute Gasteiger partial charge is 0.234 e. The van der Waals surface area contributed by atoms with E-state index in [9.17, 15) is 4.79 Å². The summed E-state index contributed by atoms with van der Waals surface area (Å²) in [5.74, 6) is 0.846. The third-order valence-corrected chi connectivity index (χ3v) is 5.38. The topological polar surface area (TPSA) is 41.6 Å². The summed E-state index contributed by atoms with van der Waals surface area (Å²) >= 11 is 1.65. The van der Waals surface area contributed by atoms with Gasteiger partial charge in [0.2, 0.25) is 5.91 Å². The molecule has 5 heteroatoms. The van der Waals surface area contributed by atoms with Crippen LogP contribution in [0, 0.1) is 6.92 Å². The third kappa shape index (κ3) is 5.94. The zero-order chi connectivity index (χ0) is 19.8. The highest BCUT2D eigenvalue weighted by molar-refractivity contribution is 7.10. The Labute approximate surface area is 170 Å². The minimum atomic E-state index is -0.123. The van der Waals surface area contributed by atoms with Gasteiger partial charge in [-0.05, 0) is 43.1 Å². The number of carbonyl (C=O) groups excluding carboxylic acids is 1. The van der Waals surface area contributed by atoms with E-state index < -0.39 is 0 Å². The normalized spacial score (nSPS) is 12.0. The Morgan fingerprint density at radius 3 is 2.50 bits per heavy atom. The zero-order valence-corrected chi connectivity index (χ0v) is 17.1. The van der Waals surface area contributed by atoms with Crippen LogP contribution < -0.4 is 10.1 Å². The van der Waals surface area contributed by atoms with Gasteiger partial charge in [-0.15, -0.1) is 11.3 Å². The van der Waals surface area contributed by atoms with E-state index >= 15 is 0 Å². The molecule has 3 aromatic rings. The predicted molar refractivity (Wildman–Crippen MR) is 115 cm³/mol. The Bertz CT molecular complexity index is 848. The molecule has 4 nitrogen and oxygen atoms in total. The highest BCUT2D eigenvalue weighted by atomic mass is 32.1. The Kier molecular flexibility index (Phi) is 7.23. The summed E-state index contributed by atoms with van der Waals surface area (Å²) in [6.45, 7) is 3.61. The second-order valence-electron chi connectivity index (χ2n) is 6.83. The quantitative estimate of drug-likeness (QED) is 0.589. The van der Waals surface area contributed by atoms with Crippen molar-refractivity contribution in [1.29, 1.82) is 0 Å². The maximum atomic E-state index is 12.6. The van der Waals surface area contributed by atoms with E-state index in [-0.39, 0.29) is 11.9 Å². The van der Waals surface area contributed by atoms with Crippen LogP contribution in [0.15, 0.2) is 72.1 Å². The summed E-state index contributed by atoms with van der Waals surface area (Å²) in [6, 6.07) is 22.0. The number of benzene rings is 2. The van der Waals surface area contributed by atoms with Crippen LogP contribution >= 0.6 is 11.3 Å². The van der Waals surface area contributed by atoms with E-state index in [1.165, 1.54) is 5.56 Å². The van der Waals surface area contributed by atoms with Gasteiger partial charge in [0.05, 0.1) is 12.6 Å². The number of ether oxygens (including phenoxy) is 1. The van der Waals surface area contributed by atoms with Crippen LogP contribution in [-0.2, 0) is 4.79 Å². The Hall–Kier alpha value is -2.63. The second kappa shape index (κ2) is 10.1. The lowest BCUT2D eigenvalue weighted by molar-refractivity contribution is -0.122. The first-order valence-electron chi connectivity index (χ1n) is 9.37. The molecule has 0 fully saturated rings. The van der Waals surface area contributed by atoms with E-state index in [2.05, 4.69) is 42.6 Å². The van der Waals surface area contributed by atoms with Crippen molar-refractivity contribution in [2.45, 2.75) is 13.0 Å². The summed E-state index contributed by atoms with van der Waals surface area (Å²) < 4.78 is 5.71. The lowest BCUT2D eigenvalue weighted by atomic mass is 10.0. The molecule has 1 heterocycles. The Morgan fingerprint density at radius 1 is 1.07 bits per heavy atom. The van der Waals surface area contributed by atoms with Crippen molar-refractivity contribution in [3.8, 4) is 5.75 Å². The molecule has 146 valence electrons. The van der Waals surface area contributed by atoms with Crippen LogP contribution in [-0.4, -0.2) is 37.6 Å². The summed E-state index contributed by atoms with van der Waals surface area (Å²) in [5, 5.41) is 5.22. The maximum Gasteiger partial charge on any atom is 0.234 e. The molecular weight excluding hydrogens is 368 g/mol. The van der Waals surface area contributed by atoms with Gasteiger partial charge in [0.25, 0.3) is 0 Å². The number of hydrogen-bond acceptors (Lipinski definition) is 4. The molecule has 0 spiro atoms. The van der Waals surface area contributed by atoms with Crippen LogP contribution in [0.2, 0.25) is 0 Å². The van der Waals surface area contributed by atoms with Gasteiger partial charge in [0.1, 0.15) is 12.4 Å². The summed E-state index contributed by atoms with van der Waals surface area (Å²) in [5.41, 5.74) is 2.30. The van der Waals surface area contributed by atoms with Crippen LogP contribution in [0.25, 0.3) is 0 Å². The second-order valence-corrected chi connectivity index (χ2v) is 7.81. The van der Waals surface area contributed by atoms with Crippen molar-refractivity contribution in [3.05, 3.63) is 88.1 Å². The largest absolute Gasteiger partial charge is 0.492 e. The molecule has 1 amide bonds. The van der Waals surface area contributed by atoms with Crippen molar-refractivity contribution >= 4 is 17.2 Å². The molecule has 0 aliphatic carbocycles. The highest BCUT2D eigenvalue weighted by Gasteiger charge is 2.18. The summed E-state index contributed by atoms with van der Waals surface area (Å²) in [6.07, 6.45) is 0. The van der Waals surface area contributed by atoms with Gasteiger partial charge in [0.15, 0.2) is 0 Å². The summed E-state index contributed by atoms with van der Waals surface area (Å²) in [7, 11) is 1.93. The van der Waals surface area contributed by atoms with Gasteiger partial charge in [-0.2, -0.15) is 0 Å². The number of nitrogens with zero attached hydrogens (tertiary/aromatic N) is 1. The molecule has 1 atom stereocenters. The average Bonchev–Trinajstić information content (AvgIpc) is 3.22. The first-order valence-corrected chi connectivity index (χ1v) is 10.3. The Morgan fingerprint density at radius 2 is 1.82 bits per heavy atom. The number of carbonyl (C=O) groups is 1. The number of nitrogens with one attached hydrogen (secondary N) is 1. The monoisotopic (exact) mass is 394 g/mol. The van der Waals surface area contributed by atoms with Crippen LogP contribution in [0.5, 0.6) is 5.75 Å². The molecule has 0 bridgehead atoms.